The Morgan fingerprint density at radius 2 is 2.17 bits per heavy atom. The van der Waals surface area contributed by atoms with Gasteiger partial charge in [-0.3, -0.25) is 4.79 Å². The van der Waals surface area contributed by atoms with Crippen molar-refractivity contribution >= 4 is 21.8 Å². The van der Waals surface area contributed by atoms with Gasteiger partial charge in [0, 0.05) is 22.8 Å². The van der Waals surface area contributed by atoms with Gasteiger partial charge in [-0.1, -0.05) is 19.8 Å². The zero-order valence-electron chi connectivity index (χ0n) is 11.1. The summed E-state index contributed by atoms with van der Waals surface area (Å²) >= 11 is 3.45. The van der Waals surface area contributed by atoms with E-state index >= 15 is 0 Å². The molecular weight excluding hydrogens is 292 g/mol. The van der Waals surface area contributed by atoms with Gasteiger partial charge in [0.25, 0.3) is 5.91 Å². The molecule has 0 radical (unpaired) electrons. The van der Waals surface area contributed by atoms with Crippen LogP contribution in [-0.4, -0.2) is 16.0 Å². The third kappa shape index (κ3) is 2.97. The third-order valence-electron chi connectivity index (χ3n) is 3.68. The van der Waals surface area contributed by atoms with Crippen LogP contribution in [0.25, 0.3) is 0 Å². The van der Waals surface area contributed by atoms with Crippen LogP contribution in [0.15, 0.2) is 16.7 Å². The molecule has 1 N–H and O–H groups in total. The molecule has 1 aliphatic rings. The Hall–Kier alpha value is -0.770. The van der Waals surface area contributed by atoms with E-state index in [2.05, 4.69) is 35.1 Å². The number of nitrogens with zero attached hydrogens (tertiary/aromatic N) is 1. The van der Waals surface area contributed by atoms with Crippen molar-refractivity contribution in [2.24, 2.45) is 0 Å². The first kappa shape index (κ1) is 13.7. The van der Waals surface area contributed by atoms with Gasteiger partial charge in [0.15, 0.2) is 0 Å². The lowest BCUT2D eigenvalue weighted by molar-refractivity contribution is 0.0898. The van der Waals surface area contributed by atoms with Gasteiger partial charge >= 0.3 is 0 Å². The van der Waals surface area contributed by atoms with Gasteiger partial charge in [-0.25, -0.2) is 0 Å². The van der Waals surface area contributed by atoms with Crippen molar-refractivity contribution in [1.29, 1.82) is 0 Å². The molecule has 2 rings (SSSR count). The summed E-state index contributed by atoms with van der Waals surface area (Å²) in [5.74, 6) is 0.0542. The number of aromatic nitrogens is 1. The lowest BCUT2D eigenvalue weighted by Crippen LogP contribution is -2.44. The summed E-state index contributed by atoms with van der Waals surface area (Å²) in [5, 5.41) is 3.20. The predicted octanol–water partition coefficient (Wildman–Crippen LogP) is 3.72. The molecule has 100 valence electrons. The zero-order chi connectivity index (χ0) is 13.2. The average molecular weight is 313 g/mol. The zero-order valence-corrected chi connectivity index (χ0v) is 12.7. The van der Waals surface area contributed by atoms with Crippen LogP contribution in [0, 0.1) is 0 Å². The highest BCUT2D eigenvalue weighted by molar-refractivity contribution is 9.10. The standard InChI is InChI=1S/C14H21BrN2O/c1-3-8-17-10-11(15)9-12(17)13(18)16-14(2)6-4-5-7-14/h9-10H,3-8H2,1-2H3,(H,16,18). The summed E-state index contributed by atoms with van der Waals surface area (Å²) in [6.07, 6.45) is 7.63. The van der Waals surface area contributed by atoms with Crippen LogP contribution in [-0.2, 0) is 6.54 Å². The number of carbonyl (C=O) groups excluding carboxylic acids is 1. The van der Waals surface area contributed by atoms with Gasteiger partial charge < -0.3 is 9.88 Å². The minimum atomic E-state index is -0.00905. The van der Waals surface area contributed by atoms with Gasteiger partial charge in [0.1, 0.15) is 5.69 Å². The molecule has 1 aromatic rings. The molecule has 18 heavy (non-hydrogen) atoms. The fourth-order valence-corrected chi connectivity index (χ4v) is 3.17. The van der Waals surface area contributed by atoms with Crippen LogP contribution in [0.4, 0.5) is 0 Å². The molecule has 0 aliphatic heterocycles. The second kappa shape index (κ2) is 5.47. The Labute approximate surface area is 117 Å². The highest BCUT2D eigenvalue weighted by atomic mass is 79.9. The molecule has 1 saturated carbocycles. The highest BCUT2D eigenvalue weighted by Gasteiger charge is 2.31. The van der Waals surface area contributed by atoms with E-state index in [1.54, 1.807) is 0 Å². The number of aryl methyl sites for hydroxylation is 1. The van der Waals surface area contributed by atoms with E-state index in [0.717, 1.165) is 36.0 Å². The topological polar surface area (TPSA) is 34.0 Å². The van der Waals surface area contributed by atoms with E-state index in [4.69, 9.17) is 0 Å². The van der Waals surface area contributed by atoms with E-state index in [-0.39, 0.29) is 11.4 Å². The first-order valence-electron chi connectivity index (χ1n) is 6.72. The molecule has 0 unspecified atom stereocenters. The van der Waals surface area contributed by atoms with Gasteiger partial charge in [-0.2, -0.15) is 0 Å². The van der Waals surface area contributed by atoms with Crippen LogP contribution in [0.3, 0.4) is 0 Å². The number of hydrogen-bond acceptors (Lipinski definition) is 1. The number of hydrogen-bond donors (Lipinski definition) is 1. The SMILES string of the molecule is CCCn1cc(Br)cc1C(=O)NC1(C)CCCC1. The summed E-state index contributed by atoms with van der Waals surface area (Å²) in [7, 11) is 0. The normalized spacial score (nSPS) is 17.9. The van der Waals surface area contributed by atoms with Crippen molar-refractivity contribution in [3.8, 4) is 0 Å². The van der Waals surface area contributed by atoms with Crippen molar-refractivity contribution in [2.75, 3.05) is 0 Å². The van der Waals surface area contributed by atoms with Crippen molar-refractivity contribution in [2.45, 2.75) is 58.0 Å². The van der Waals surface area contributed by atoms with Crippen molar-refractivity contribution in [1.82, 2.24) is 9.88 Å². The molecule has 3 nitrogen and oxygen atoms in total. The molecule has 0 saturated heterocycles. The minimum absolute atomic E-state index is 0.00905. The Bertz CT molecular complexity index is 433. The number of rotatable bonds is 4. The average Bonchev–Trinajstić information content (AvgIpc) is 2.86. The van der Waals surface area contributed by atoms with E-state index in [9.17, 15) is 4.79 Å². The van der Waals surface area contributed by atoms with E-state index < -0.39 is 0 Å². The van der Waals surface area contributed by atoms with Gasteiger partial charge in [0.05, 0.1) is 0 Å². The second-order valence-corrected chi connectivity index (χ2v) is 6.37. The van der Waals surface area contributed by atoms with E-state index in [1.807, 2.05) is 16.8 Å². The number of nitrogens with one attached hydrogen (secondary N) is 1. The van der Waals surface area contributed by atoms with Gasteiger partial charge in [-0.15, -0.1) is 0 Å². The summed E-state index contributed by atoms with van der Waals surface area (Å²) in [4.78, 5) is 12.4. The van der Waals surface area contributed by atoms with Crippen LogP contribution >= 0.6 is 15.9 Å². The molecule has 1 fully saturated rings. The Balaban J connectivity index is 2.12. The quantitative estimate of drug-likeness (QED) is 0.903. The number of halogens is 1. The maximum atomic E-state index is 12.4. The first-order chi connectivity index (χ1) is 8.54. The molecule has 1 aliphatic carbocycles. The van der Waals surface area contributed by atoms with E-state index in [0.29, 0.717) is 0 Å². The predicted molar refractivity (Wildman–Crippen MR) is 76.8 cm³/mol. The lowest BCUT2D eigenvalue weighted by Gasteiger charge is -2.25. The maximum Gasteiger partial charge on any atom is 0.268 e. The van der Waals surface area contributed by atoms with Gasteiger partial charge in [0.2, 0.25) is 0 Å². The molecule has 0 aromatic carbocycles. The number of carbonyl (C=O) groups is 1. The van der Waals surface area contributed by atoms with Crippen molar-refractivity contribution in [3.05, 3.63) is 22.4 Å². The highest BCUT2D eigenvalue weighted by Crippen LogP contribution is 2.29. The Kier molecular flexibility index (Phi) is 4.15. The number of amides is 1. The molecular formula is C14H21BrN2O. The molecule has 4 heteroatoms. The summed E-state index contributed by atoms with van der Waals surface area (Å²) in [5.41, 5.74) is 0.752. The van der Waals surface area contributed by atoms with Gasteiger partial charge in [-0.05, 0) is 48.2 Å². The Morgan fingerprint density at radius 3 is 2.78 bits per heavy atom. The van der Waals surface area contributed by atoms with E-state index in [1.165, 1.54) is 12.8 Å². The fourth-order valence-electron chi connectivity index (χ4n) is 2.71. The van der Waals surface area contributed by atoms with Crippen molar-refractivity contribution in [3.63, 3.8) is 0 Å². The monoisotopic (exact) mass is 312 g/mol. The summed E-state index contributed by atoms with van der Waals surface area (Å²) < 4.78 is 3.00. The molecule has 0 atom stereocenters. The van der Waals surface area contributed by atoms with Crippen LogP contribution in [0.1, 0.15) is 56.4 Å². The van der Waals surface area contributed by atoms with Crippen LogP contribution in [0.2, 0.25) is 0 Å². The molecule has 1 aromatic heterocycles. The maximum absolute atomic E-state index is 12.4. The smallest absolute Gasteiger partial charge is 0.268 e. The Morgan fingerprint density at radius 1 is 1.50 bits per heavy atom. The van der Waals surface area contributed by atoms with Crippen LogP contribution < -0.4 is 5.32 Å². The molecule has 0 bridgehead atoms. The molecule has 1 amide bonds. The summed E-state index contributed by atoms with van der Waals surface area (Å²) in [6, 6.07) is 1.91. The molecule has 1 heterocycles. The van der Waals surface area contributed by atoms with Crippen LogP contribution in [0.5, 0.6) is 0 Å². The molecule has 0 spiro atoms. The largest absolute Gasteiger partial charge is 0.346 e. The lowest BCUT2D eigenvalue weighted by atomic mass is 10.0. The fraction of sp³-hybridized carbons (Fsp3) is 0.643. The minimum Gasteiger partial charge on any atom is -0.346 e. The third-order valence-corrected chi connectivity index (χ3v) is 4.12. The second-order valence-electron chi connectivity index (χ2n) is 5.46. The summed E-state index contributed by atoms with van der Waals surface area (Å²) in [6.45, 7) is 5.15. The van der Waals surface area contributed by atoms with Crippen molar-refractivity contribution < 1.29 is 4.79 Å². The first-order valence-corrected chi connectivity index (χ1v) is 7.51.